The van der Waals surface area contributed by atoms with Gasteiger partial charge in [-0.15, -0.1) is 0 Å². The predicted molar refractivity (Wildman–Crippen MR) is 117 cm³/mol. The Kier molecular flexibility index (Phi) is 2.48. The second kappa shape index (κ2) is 9.84. The number of urea groups is 1. The molecule has 28 heavy (non-hydrogen) atoms. The van der Waals surface area contributed by atoms with E-state index in [1.165, 1.54) is 24.4 Å². The summed E-state index contributed by atoms with van der Waals surface area (Å²) in [5.41, 5.74) is -0.122. The first kappa shape index (κ1) is 7.05. The van der Waals surface area contributed by atoms with Crippen LogP contribution in [0.15, 0.2) is 18.2 Å². The maximum Gasteiger partial charge on any atom is 0.317 e. The highest BCUT2D eigenvalue weighted by Crippen LogP contribution is 2.30. The van der Waals surface area contributed by atoms with Gasteiger partial charge in [0.15, 0.2) is 0 Å². The zero-order valence-corrected chi connectivity index (χ0v) is 16.0. The number of nitrogens with one attached hydrogen (secondary N) is 1. The van der Waals surface area contributed by atoms with Crippen LogP contribution in [0.5, 0.6) is 0 Å². The Bertz CT molecular complexity index is 1420. The van der Waals surface area contributed by atoms with E-state index in [0.29, 0.717) is 12.6 Å². The average molecular weight is 428 g/mol. The topological polar surface area (TPSA) is 38.8 Å². The summed E-state index contributed by atoms with van der Waals surface area (Å²) >= 11 is 6.31. The van der Waals surface area contributed by atoms with Crippen LogP contribution >= 0.6 is 11.6 Å². The van der Waals surface area contributed by atoms with E-state index < -0.39 is 95.1 Å². The van der Waals surface area contributed by atoms with Gasteiger partial charge in [-0.25, -0.2) is 4.79 Å². The van der Waals surface area contributed by atoms with Crippen molar-refractivity contribution < 1.29 is 33.6 Å². The maximum atomic E-state index is 12.7. The second-order valence-electron chi connectivity index (χ2n) is 5.94. The van der Waals surface area contributed by atoms with Gasteiger partial charge in [0.1, 0.15) is 0 Å². The smallest absolute Gasteiger partial charge is 0.317 e. The minimum atomic E-state index is -4.08. The standard InChI is InChI=1S/C22H35ClN4O/c1-17-5-4-6-20(21(17)23)27-15-13-26(14-16-27)12-11-18-7-9-19(10-8-18)24-22(28)25(2)3/h4-6,18-19H,7-16H2,1-3H3,(H,24,28)/t18-,19-/i2D3,7D2,8D2,9D2,10D2,13D2,14D2,15D2,16D2,18D,19D. The number of hydrogen-bond acceptors (Lipinski definition) is 3. The first-order chi connectivity index (χ1) is 21.4. The van der Waals surface area contributed by atoms with Crippen LogP contribution in [0.1, 0.15) is 66.3 Å². The zero-order valence-electron chi connectivity index (χ0n) is 36.3. The number of carbonyl (C=O) groups is 1. The Morgan fingerprint density at radius 2 is 2.04 bits per heavy atom. The lowest BCUT2D eigenvalue weighted by Gasteiger charge is -2.37. The van der Waals surface area contributed by atoms with Crippen molar-refractivity contribution >= 4 is 23.3 Å². The van der Waals surface area contributed by atoms with E-state index in [1.54, 1.807) is 0 Å². The molecule has 1 saturated heterocycles. The van der Waals surface area contributed by atoms with Crippen LogP contribution in [-0.4, -0.2) is 68.4 Å². The fraction of sp³-hybridized carbons (Fsp3) is 0.682. The van der Waals surface area contributed by atoms with Gasteiger partial charge in [-0.1, -0.05) is 23.7 Å². The van der Waals surface area contributed by atoms with Gasteiger partial charge < -0.3 is 15.1 Å². The molecule has 0 aromatic heterocycles. The molecule has 0 atom stereocenters. The third-order valence-electron chi connectivity index (χ3n) is 3.80. The molecule has 1 saturated carbocycles. The third kappa shape index (κ3) is 5.54. The van der Waals surface area contributed by atoms with Crippen LogP contribution in [-0.2, 0) is 0 Å². The van der Waals surface area contributed by atoms with Gasteiger partial charge in [0.05, 0.1) is 17.6 Å². The molecule has 1 aliphatic carbocycles. The first-order valence-corrected chi connectivity index (χ1v) is 8.70. The van der Waals surface area contributed by atoms with Crippen LogP contribution in [0.4, 0.5) is 10.5 Å². The van der Waals surface area contributed by atoms with E-state index in [1.807, 2.05) is 0 Å². The summed E-state index contributed by atoms with van der Waals surface area (Å²) in [6.45, 7) is -17.3. The fourth-order valence-corrected chi connectivity index (χ4v) is 2.46. The van der Waals surface area contributed by atoms with Gasteiger partial charge in [-0.2, -0.15) is 0 Å². The zero-order chi connectivity index (χ0) is 38.8. The fourth-order valence-electron chi connectivity index (χ4n) is 2.25. The second-order valence-corrected chi connectivity index (χ2v) is 6.31. The van der Waals surface area contributed by atoms with E-state index in [-0.39, 0.29) is 19.7 Å². The van der Waals surface area contributed by atoms with Crippen LogP contribution < -0.4 is 10.2 Å². The molecule has 0 bridgehead atoms. The molecule has 1 heterocycles. The number of benzene rings is 1. The van der Waals surface area contributed by atoms with Crippen LogP contribution in [0.25, 0.3) is 0 Å². The summed E-state index contributed by atoms with van der Waals surface area (Å²) in [4.78, 5) is 12.8. The van der Waals surface area contributed by atoms with Crippen molar-refractivity contribution in [1.29, 1.82) is 0 Å². The highest BCUT2D eigenvalue weighted by Gasteiger charge is 2.24. The number of nitrogens with zero attached hydrogens (tertiary/aromatic N) is 3. The molecule has 5 nitrogen and oxygen atoms in total. The van der Waals surface area contributed by atoms with Gasteiger partial charge in [0.25, 0.3) is 0 Å². The number of halogens is 1. The highest BCUT2D eigenvalue weighted by molar-refractivity contribution is 6.34. The lowest BCUT2D eigenvalue weighted by molar-refractivity contribution is 0.194. The van der Waals surface area contributed by atoms with Gasteiger partial charge in [0, 0.05) is 68.0 Å². The Hall–Kier alpha value is -1.46. The van der Waals surface area contributed by atoms with E-state index in [2.05, 4.69) is 0 Å². The van der Waals surface area contributed by atoms with Gasteiger partial charge in [-0.3, -0.25) is 4.90 Å². The lowest BCUT2D eigenvalue weighted by Crippen LogP contribution is -2.47. The number of rotatable bonds is 5. The summed E-state index contributed by atoms with van der Waals surface area (Å²) in [6, 6.07) is -1.83. The summed E-state index contributed by atoms with van der Waals surface area (Å²) in [5, 5.41) is 1.22. The van der Waals surface area contributed by atoms with Crippen molar-refractivity contribution in [3.8, 4) is 0 Å². The third-order valence-corrected chi connectivity index (χ3v) is 4.30. The summed E-state index contributed by atoms with van der Waals surface area (Å²) in [7, 11) is 0.670. The van der Waals surface area contributed by atoms with E-state index in [9.17, 15) is 4.79 Å². The Morgan fingerprint density at radius 3 is 2.71 bits per heavy atom. The van der Waals surface area contributed by atoms with E-state index in [4.69, 9.17) is 40.4 Å². The number of amides is 2. The average Bonchev–Trinajstić information content (AvgIpc) is 2.91. The van der Waals surface area contributed by atoms with Crippen molar-refractivity contribution in [1.82, 2.24) is 15.1 Å². The molecule has 1 N–H and O–H groups in total. The van der Waals surface area contributed by atoms with Crippen molar-refractivity contribution in [3.63, 3.8) is 0 Å². The van der Waals surface area contributed by atoms with Crippen LogP contribution in [0, 0.1) is 12.8 Å². The minimum absolute atomic E-state index is 0.0428. The molecule has 6 heteroatoms. The monoisotopic (exact) mass is 427 g/mol. The molecular weight excluding hydrogens is 372 g/mol. The molecule has 1 aromatic rings. The Labute approximate surface area is 204 Å². The van der Waals surface area contributed by atoms with Crippen LogP contribution in [0.3, 0.4) is 0 Å². The van der Waals surface area contributed by atoms with Gasteiger partial charge >= 0.3 is 6.03 Å². The number of aryl methyl sites for hydroxylation is 1. The molecule has 156 valence electrons. The summed E-state index contributed by atoms with van der Waals surface area (Å²) in [5.74, 6) is -3.74. The molecule has 1 aliphatic heterocycles. The highest BCUT2D eigenvalue weighted by atomic mass is 35.5. The number of piperazine rings is 1. The molecule has 1 aromatic carbocycles. The van der Waals surface area contributed by atoms with Crippen molar-refractivity contribution in [2.24, 2.45) is 5.89 Å². The molecule has 0 radical (unpaired) electrons. The van der Waals surface area contributed by atoms with Gasteiger partial charge in [-0.05, 0) is 62.9 Å². The quantitative estimate of drug-likeness (QED) is 0.771. The molecule has 0 unspecified atom stereocenters. The molecule has 2 amide bonds. The lowest BCUT2D eigenvalue weighted by atomic mass is 9.84. The molecule has 2 fully saturated rings. The molecule has 2 aliphatic rings. The van der Waals surface area contributed by atoms with Crippen molar-refractivity contribution in [3.05, 3.63) is 28.8 Å². The van der Waals surface area contributed by atoms with Gasteiger partial charge in [0.2, 0.25) is 0 Å². The normalized spacial score (nSPS) is 54.7. The Morgan fingerprint density at radius 1 is 1.32 bits per heavy atom. The maximum absolute atomic E-state index is 12.7. The largest absolute Gasteiger partial charge is 0.368 e. The van der Waals surface area contributed by atoms with Crippen molar-refractivity contribution in [2.75, 3.05) is 51.5 Å². The number of carbonyl (C=O) groups excluding carboxylic acids is 1. The summed E-state index contributed by atoms with van der Waals surface area (Å²) < 4.78 is 178. The van der Waals surface area contributed by atoms with E-state index >= 15 is 0 Å². The SMILES string of the molecule is [2H]C([2H])([2H])N(C)C(=O)N[C@]1([2H])C([2H])([2H])C([2H])([2H])[C@@]([2H])(CCN2C([2H])([2H])C([2H])([2H])N(c3cccc(C)c3Cl)C([2H])([2H])C2([2H])[2H])C([2H])([2H])C1([2H])[2H]. The van der Waals surface area contributed by atoms with E-state index in [0.717, 1.165) is 6.07 Å². The van der Waals surface area contributed by atoms with Crippen molar-refractivity contribution in [2.45, 2.75) is 44.9 Å². The van der Waals surface area contributed by atoms with Crippen LogP contribution in [0.2, 0.25) is 5.02 Å². The Balaban J connectivity index is 2.17. The molecule has 0 spiro atoms. The molecule has 3 rings (SSSR count). The predicted octanol–water partition coefficient (Wildman–Crippen LogP) is 3.99. The number of hydrogen-bond donors (Lipinski definition) is 1. The number of anilines is 1. The summed E-state index contributed by atoms with van der Waals surface area (Å²) in [6.07, 6.45) is -17.7. The first-order valence-electron chi connectivity index (χ1n) is 18.8. The minimum Gasteiger partial charge on any atom is -0.368 e. The molecular formula is C22H35ClN4O.